The van der Waals surface area contributed by atoms with Crippen LogP contribution in [-0.4, -0.2) is 25.1 Å². The zero-order chi connectivity index (χ0) is 11.5. The second-order valence-corrected chi connectivity index (χ2v) is 3.50. The summed E-state index contributed by atoms with van der Waals surface area (Å²) in [5.74, 6) is 0.744. The van der Waals surface area contributed by atoms with Crippen LogP contribution < -0.4 is 5.32 Å². The minimum atomic E-state index is 0.562. The third-order valence-electron chi connectivity index (χ3n) is 2.39. The fourth-order valence-electron chi connectivity index (χ4n) is 1.59. The zero-order valence-electron chi connectivity index (χ0n) is 8.96. The molecular formula is C11H10N6. The summed E-state index contributed by atoms with van der Waals surface area (Å²) in [4.78, 5) is 12.5. The van der Waals surface area contributed by atoms with Gasteiger partial charge in [0.25, 0.3) is 0 Å². The summed E-state index contributed by atoms with van der Waals surface area (Å²) in [5.41, 5.74) is 2.58. The Morgan fingerprint density at radius 2 is 2.00 bits per heavy atom. The van der Waals surface area contributed by atoms with E-state index < -0.39 is 0 Å². The summed E-state index contributed by atoms with van der Waals surface area (Å²) < 4.78 is 0. The molecule has 3 aromatic rings. The van der Waals surface area contributed by atoms with Crippen molar-refractivity contribution in [3.05, 3.63) is 42.7 Å². The van der Waals surface area contributed by atoms with E-state index in [9.17, 15) is 0 Å². The number of rotatable bonds is 3. The molecule has 3 rings (SSSR count). The van der Waals surface area contributed by atoms with Crippen molar-refractivity contribution < 1.29 is 0 Å². The molecule has 0 spiro atoms. The van der Waals surface area contributed by atoms with Crippen molar-refractivity contribution in [2.24, 2.45) is 0 Å². The van der Waals surface area contributed by atoms with Crippen molar-refractivity contribution in [2.75, 3.05) is 5.32 Å². The van der Waals surface area contributed by atoms with Crippen molar-refractivity contribution in [1.29, 1.82) is 0 Å². The topological polar surface area (TPSA) is 79.4 Å². The summed E-state index contributed by atoms with van der Waals surface area (Å²) in [6.07, 6.45) is 6.95. The van der Waals surface area contributed by atoms with Crippen LogP contribution in [0.5, 0.6) is 0 Å². The summed E-state index contributed by atoms with van der Waals surface area (Å²) >= 11 is 0. The molecular weight excluding hydrogens is 216 g/mol. The Balaban J connectivity index is 1.84. The number of nitrogens with one attached hydrogen (secondary N) is 2. The number of hydrogen-bond donors (Lipinski definition) is 2. The van der Waals surface area contributed by atoms with E-state index in [1.807, 2.05) is 6.07 Å². The van der Waals surface area contributed by atoms with Crippen molar-refractivity contribution >= 4 is 16.7 Å². The number of pyridine rings is 1. The van der Waals surface area contributed by atoms with Crippen LogP contribution in [0, 0.1) is 0 Å². The van der Waals surface area contributed by atoms with Gasteiger partial charge < -0.3 is 5.32 Å². The van der Waals surface area contributed by atoms with Crippen LogP contribution in [0.15, 0.2) is 36.9 Å². The molecule has 6 nitrogen and oxygen atoms in total. The largest absolute Gasteiger partial charge is 0.376 e. The van der Waals surface area contributed by atoms with Crippen LogP contribution in [0.3, 0.4) is 0 Å². The van der Waals surface area contributed by atoms with Crippen molar-refractivity contribution in [3.63, 3.8) is 0 Å². The molecule has 0 aliphatic heterocycles. The maximum absolute atomic E-state index is 4.19. The fraction of sp³-hybridized carbons (Fsp3) is 0.0909. The molecule has 0 unspecified atom stereocenters. The highest BCUT2D eigenvalue weighted by Gasteiger charge is 2.04. The highest BCUT2D eigenvalue weighted by Crippen LogP contribution is 2.18. The van der Waals surface area contributed by atoms with Crippen LogP contribution in [0.25, 0.3) is 11.0 Å². The normalized spacial score (nSPS) is 10.6. The van der Waals surface area contributed by atoms with Gasteiger partial charge in [-0.2, -0.15) is 5.10 Å². The van der Waals surface area contributed by atoms with Gasteiger partial charge in [0.15, 0.2) is 0 Å². The Morgan fingerprint density at radius 1 is 1.12 bits per heavy atom. The van der Waals surface area contributed by atoms with Crippen molar-refractivity contribution in [1.82, 2.24) is 25.1 Å². The Labute approximate surface area is 97.1 Å². The van der Waals surface area contributed by atoms with E-state index in [4.69, 9.17) is 0 Å². The molecule has 17 heavy (non-hydrogen) atoms. The average Bonchev–Trinajstić information content (AvgIpc) is 2.86. The van der Waals surface area contributed by atoms with Crippen molar-refractivity contribution in [3.8, 4) is 0 Å². The number of anilines is 1. The number of H-pyrrole nitrogens is 1. The smallest absolute Gasteiger partial charge is 0.147 e. The predicted molar refractivity (Wildman–Crippen MR) is 63.2 cm³/mol. The molecule has 0 amide bonds. The summed E-state index contributed by atoms with van der Waals surface area (Å²) in [7, 11) is 0. The third-order valence-corrected chi connectivity index (χ3v) is 2.39. The monoisotopic (exact) mass is 226 g/mol. The summed E-state index contributed by atoms with van der Waals surface area (Å²) in [6, 6.07) is 3.67. The number of nitrogens with zero attached hydrogens (tertiary/aromatic N) is 4. The van der Waals surface area contributed by atoms with Crippen LogP contribution in [-0.2, 0) is 6.54 Å². The first-order chi connectivity index (χ1) is 8.43. The number of aromatic amines is 1. The molecule has 0 saturated carbocycles. The SMILES string of the molecule is c1cnc(CNc2ccnc3c[nH]nc23)nc1. The van der Waals surface area contributed by atoms with Gasteiger partial charge in [-0.3, -0.25) is 10.1 Å². The summed E-state index contributed by atoms with van der Waals surface area (Å²) in [5, 5.41) is 10.2. The van der Waals surface area contributed by atoms with Gasteiger partial charge in [-0.05, 0) is 12.1 Å². The Morgan fingerprint density at radius 3 is 2.88 bits per heavy atom. The van der Waals surface area contributed by atoms with Crippen LogP contribution in [0.1, 0.15) is 5.82 Å². The first-order valence-corrected chi connectivity index (χ1v) is 5.22. The van der Waals surface area contributed by atoms with E-state index in [2.05, 4.69) is 30.5 Å². The van der Waals surface area contributed by atoms with E-state index in [0.29, 0.717) is 6.54 Å². The summed E-state index contributed by atoms with van der Waals surface area (Å²) in [6.45, 7) is 0.562. The molecule has 0 bridgehead atoms. The van der Waals surface area contributed by atoms with Gasteiger partial charge in [-0.15, -0.1) is 0 Å². The highest BCUT2D eigenvalue weighted by atomic mass is 15.1. The lowest BCUT2D eigenvalue weighted by atomic mass is 10.3. The minimum absolute atomic E-state index is 0.562. The van der Waals surface area contributed by atoms with Gasteiger partial charge in [0.2, 0.25) is 0 Å². The predicted octanol–water partition coefficient (Wildman–Crippen LogP) is 1.36. The average molecular weight is 226 g/mol. The first-order valence-electron chi connectivity index (χ1n) is 5.22. The van der Waals surface area contributed by atoms with Gasteiger partial charge in [0, 0.05) is 24.8 Å². The van der Waals surface area contributed by atoms with E-state index in [-0.39, 0.29) is 0 Å². The van der Waals surface area contributed by atoms with E-state index >= 15 is 0 Å². The van der Waals surface area contributed by atoms with E-state index in [1.165, 1.54) is 0 Å². The van der Waals surface area contributed by atoms with Gasteiger partial charge in [-0.1, -0.05) is 0 Å². The van der Waals surface area contributed by atoms with Gasteiger partial charge in [0.05, 0.1) is 12.2 Å². The Hall–Kier alpha value is -2.50. The number of aromatic nitrogens is 5. The molecule has 6 heteroatoms. The quantitative estimate of drug-likeness (QED) is 0.705. The fourth-order valence-corrected chi connectivity index (χ4v) is 1.59. The molecule has 3 aromatic heterocycles. The maximum Gasteiger partial charge on any atom is 0.147 e. The number of fused-ring (bicyclic) bond motifs is 1. The van der Waals surface area contributed by atoms with Gasteiger partial charge in [-0.25, -0.2) is 9.97 Å². The lowest BCUT2D eigenvalue weighted by molar-refractivity contribution is 0.948. The third kappa shape index (κ3) is 1.92. The molecule has 84 valence electrons. The van der Waals surface area contributed by atoms with Gasteiger partial charge in [0.1, 0.15) is 16.9 Å². The zero-order valence-corrected chi connectivity index (χ0v) is 8.96. The van der Waals surface area contributed by atoms with Gasteiger partial charge >= 0.3 is 0 Å². The first kappa shape index (κ1) is 9.71. The van der Waals surface area contributed by atoms with Crippen LogP contribution in [0.4, 0.5) is 5.69 Å². The standard InChI is InChI=1S/C11H10N6/c1-3-13-10(14-4-1)7-15-8-2-5-12-9-6-16-17-11(8)9/h1-6H,7H2,(H,12,15)(H,16,17). The molecule has 0 aliphatic rings. The number of hydrogen-bond acceptors (Lipinski definition) is 5. The Bertz CT molecular complexity index is 618. The minimum Gasteiger partial charge on any atom is -0.376 e. The molecule has 0 radical (unpaired) electrons. The van der Waals surface area contributed by atoms with Crippen molar-refractivity contribution in [2.45, 2.75) is 6.54 Å². The lowest BCUT2D eigenvalue weighted by Gasteiger charge is -2.04. The second-order valence-electron chi connectivity index (χ2n) is 3.50. The Kier molecular flexibility index (Phi) is 2.38. The van der Waals surface area contributed by atoms with Crippen LogP contribution in [0.2, 0.25) is 0 Å². The highest BCUT2D eigenvalue weighted by molar-refractivity contribution is 5.86. The molecule has 0 atom stereocenters. The van der Waals surface area contributed by atoms with E-state index in [1.54, 1.807) is 30.9 Å². The molecule has 0 aromatic carbocycles. The molecule has 0 saturated heterocycles. The lowest BCUT2D eigenvalue weighted by Crippen LogP contribution is -2.04. The molecule has 0 aliphatic carbocycles. The molecule has 3 heterocycles. The molecule has 2 N–H and O–H groups in total. The molecule has 0 fully saturated rings. The second kappa shape index (κ2) is 4.17. The van der Waals surface area contributed by atoms with E-state index in [0.717, 1.165) is 22.5 Å². The maximum atomic E-state index is 4.19. The van der Waals surface area contributed by atoms with Crippen LogP contribution >= 0.6 is 0 Å².